The highest BCUT2D eigenvalue weighted by atomic mass is 79.9. The van der Waals surface area contributed by atoms with E-state index in [9.17, 15) is 9.59 Å². The number of hydrogen-bond donors (Lipinski definition) is 3. The zero-order valence-electron chi connectivity index (χ0n) is 17.3. The summed E-state index contributed by atoms with van der Waals surface area (Å²) in [6, 6.07) is 13.5. The van der Waals surface area contributed by atoms with Crippen LogP contribution in [0.5, 0.6) is 0 Å². The highest BCUT2D eigenvalue weighted by Gasteiger charge is 2.13. The monoisotopic (exact) mass is 472 g/mol. The van der Waals surface area contributed by atoms with Crippen molar-refractivity contribution in [1.82, 2.24) is 15.5 Å². The summed E-state index contributed by atoms with van der Waals surface area (Å²) >= 11 is 3.40. The zero-order valence-corrected chi connectivity index (χ0v) is 18.9. The predicted octanol–water partition coefficient (Wildman–Crippen LogP) is 4.18. The molecule has 3 N–H and O–H groups in total. The van der Waals surface area contributed by atoms with Crippen molar-refractivity contribution in [2.75, 3.05) is 25.0 Å². The van der Waals surface area contributed by atoms with E-state index in [0.29, 0.717) is 6.54 Å². The molecule has 0 spiro atoms. The van der Waals surface area contributed by atoms with Gasteiger partial charge in [0.1, 0.15) is 0 Å². The van der Waals surface area contributed by atoms with Crippen LogP contribution in [0.3, 0.4) is 0 Å². The van der Waals surface area contributed by atoms with Crippen LogP contribution in [0, 0.1) is 6.92 Å². The van der Waals surface area contributed by atoms with Crippen molar-refractivity contribution in [2.24, 2.45) is 0 Å². The first kappa shape index (κ1) is 22.3. The first-order valence-electron chi connectivity index (χ1n) is 10.4. The Balaban J connectivity index is 1.45. The van der Waals surface area contributed by atoms with E-state index in [1.54, 1.807) is 0 Å². The molecule has 2 aromatic carbocycles. The van der Waals surface area contributed by atoms with Gasteiger partial charge in [0.15, 0.2) is 0 Å². The largest absolute Gasteiger partial charge is 0.334 e. The SMILES string of the molecule is Cc1cc(Br)ccc1NC(=O)CNC(=O)NCc1ccccc1CN1CCCCC1. The van der Waals surface area contributed by atoms with E-state index in [0.717, 1.165) is 40.9 Å². The van der Waals surface area contributed by atoms with Gasteiger partial charge in [0.05, 0.1) is 6.54 Å². The van der Waals surface area contributed by atoms with Crippen LogP contribution in [-0.2, 0) is 17.9 Å². The van der Waals surface area contributed by atoms with Gasteiger partial charge in [-0.3, -0.25) is 9.69 Å². The third-order valence-electron chi connectivity index (χ3n) is 5.27. The molecular formula is C23H29BrN4O2. The Hall–Kier alpha value is -2.38. The highest BCUT2D eigenvalue weighted by molar-refractivity contribution is 9.10. The van der Waals surface area contributed by atoms with Crippen molar-refractivity contribution in [2.45, 2.75) is 39.3 Å². The summed E-state index contributed by atoms with van der Waals surface area (Å²) in [6.07, 6.45) is 3.82. The fraction of sp³-hybridized carbons (Fsp3) is 0.391. The fourth-order valence-corrected chi connectivity index (χ4v) is 4.08. The van der Waals surface area contributed by atoms with E-state index in [-0.39, 0.29) is 18.5 Å². The average molecular weight is 473 g/mol. The van der Waals surface area contributed by atoms with Crippen LogP contribution in [0.2, 0.25) is 0 Å². The van der Waals surface area contributed by atoms with E-state index in [1.807, 2.05) is 43.3 Å². The number of carbonyl (C=O) groups excluding carboxylic acids is 2. The predicted molar refractivity (Wildman–Crippen MR) is 123 cm³/mol. The smallest absolute Gasteiger partial charge is 0.315 e. The van der Waals surface area contributed by atoms with Gasteiger partial charge in [-0.05, 0) is 67.7 Å². The maximum atomic E-state index is 12.2. The molecule has 0 saturated carbocycles. The van der Waals surface area contributed by atoms with Crippen LogP contribution < -0.4 is 16.0 Å². The lowest BCUT2D eigenvalue weighted by Gasteiger charge is -2.27. The minimum absolute atomic E-state index is 0.0865. The molecule has 1 saturated heterocycles. The topological polar surface area (TPSA) is 73.5 Å². The molecule has 0 atom stereocenters. The van der Waals surface area contributed by atoms with Crippen molar-refractivity contribution in [1.29, 1.82) is 0 Å². The number of nitrogens with zero attached hydrogens (tertiary/aromatic N) is 1. The maximum Gasteiger partial charge on any atom is 0.315 e. The van der Waals surface area contributed by atoms with E-state index in [2.05, 4.69) is 42.8 Å². The van der Waals surface area contributed by atoms with E-state index in [1.165, 1.54) is 24.8 Å². The summed E-state index contributed by atoms with van der Waals surface area (Å²) in [5, 5.41) is 8.30. The normalized spacial score (nSPS) is 14.2. The number of carbonyl (C=O) groups is 2. The molecule has 6 nitrogen and oxygen atoms in total. The number of amides is 3. The first-order valence-corrected chi connectivity index (χ1v) is 11.2. The van der Waals surface area contributed by atoms with E-state index >= 15 is 0 Å². The molecule has 1 aliphatic heterocycles. The van der Waals surface area contributed by atoms with Gasteiger partial charge in [0.2, 0.25) is 5.91 Å². The number of likely N-dealkylation sites (tertiary alicyclic amines) is 1. The van der Waals surface area contributed by atoms with Crippen LogP contribution in [0.15, 0.2) is 46.9 Å². The number of nitrogens with one attached hydrogen (secondary N) is 3. The molecule has 30 heavy (non-hydrogen) atoms. The summed E-state index contributed by atoms with van der Waals surface area (Å²) < 4.78 is 0.955. The third-order valence-corrected chi connectivity index (χ3v) is 5.77. The Labute approximate surface area is 186 Å². The van der Waals surface area contributed by atoms with Crippen LogP contribution in [0.1, 0.15) is 36.0 Å². The first-order chi connectivity index (χ1) is 14.5. The molecule has 1 heterocycles. The van der Waals surface area contributed by atoms with Gasteiger partial charge in [-0.1, -0.05) is 46.6 Å². The zero-order chi connectivity index (χ0) is 21.3. The van der Waals surface area contributed by atoms with Crippen molar-refractivity contribution < 1.29 is 9.59 Å². The number of hydrogen-bond acceptors (Lipinski definition) is 3. The van der Waals surface area contributed by atoms with Gasteiger partial charge in [0, 0.05) is 23.2 Å². The number of piperidine rings is 1. The van der Waals surface area contributed by atoms with Crippen molar-refractivity contribution in [3.63, 3.8) is 0 Å². The minimum Gasteiger partial charge on any atom is -0.334 e. The lowest BCUT2D eigenvalue weighted by Crippen LogP contribution is -2.40. The molecule has 0 aliphatic carbocycles. The van der Waals surface area contributed by atoms with Crippen molar-refractivity contribution in [3.05, 3.63) is 63.6 Å². The molecule has 160 valence electrons. The van der Waals surface area contributed by atoms with E-state index in [4.69, 9.17) is 0 Å². The lowest BCUT2D eigenvalue weighted by atomic mass is 10.0. The van der Waals surface area contributed by atoms with Gasteiger partial charge in [0.25, 0.3) is 0 Å². The van der Waals surface area contributed by atoms with Gasteiger partial charge in [-0.2, -0.15) is 0 Å². The quantitative estimate of drug-likeness (QED) is 0.565. The second-order valence-corrected chi connectivity index (χ2v) is 8.56. The molecule has 7 heteroatoms. The summed E-state index contributed by atoms with van der Waals surface area (Å²) in [7, 11) is 0. The Bertz CT molecular complexity index is 881. The summed E-state index contributed by atoms with van der Waals surface area (Å²) in [5.41, 5.74) is 4.03. The number of urea groups is 1. The third kappa shape index (κ3) is 6.85. The molecule has 2 aromatic rings. The number of anilines is 1. The molecule has 0 aromatic heterocycles. The second kappa shape index (κ2) is 11.1. The Kier molecular flexibility index (Phi) is 8.28. The highest BCUT2D eigenvalue weighted by Crippen LogP contribution is 2.20. The number of benzene rings is 2. The van der Waals surface area contributed by atoms with Crippen LogP contribution in [0.25, 0.3) is 0 Å². The van der Waals surface area contributed by atoms with Gasteiger partial charge in [-0.15, -0.1) is 0 Å². The summed E-state index contributed by atoms with van der Waals surface area (Å²) in [5.74, 6) is -0.263. The maximum absolute atomic E-state index is 12.2. The Morgan fingerprint density at radius 3 is 2.47 bits per heavy atom. The van der Waals surface area contributed by atoms with Gasteiger partial charge in [-0.25, -0.2) is 4.79 Å². The van der Waals surface area contributed by atoms with Crippen molar-refractivity contribution in [3.8, 4) is 0 Å². The second-order valence-electron chi connectivity index (χ2n) is 7.65. The lowest BCUT2D eigenvalue weighted by molar-refractivity contribution is -0.115. The molecule has 1 fully saturated rings. The molecular weight excluding hydrogens is 444 g/mol. The fourth-order valence-electron chi connectivity index (χ4n) is 3.60. The van der Waals surface area contributed by atoms with E-state index < -0.39 is 0 Å². The molecule has 3 rings (SSSR count). The molecule has 0 radical (unpaired) electrons. The standard InChI is InChI=1S/C23H29BrN4O2/c1-17-13-20(24)9-10-21(17)27-22(29)15-26-23(30)25-14-18-7-3-4-8-19(18)16-28-11-5-2-6-12-28/h3-4,7-10,13H,2,5-6,11-12,14-16H2,1H3,(H,27,29)(H2,25,26,30). The van der Waals surface area contributed by atoms with Crippen LogP contribution >= 0.6 is 15.9 Å². The summed E-state index contributed by atoms with van der Waals surface area (Å²) in [6.45, 7) is 5.45. The van der Waals surface area contributed by atoms with Crippen LogP contribution in [-0.4, -0.2) is 36.5 Å². The Morgan fingerprint density at radius 1 is 1.00 bits per heavy atom. The molecule has 0 bridgehead atoms. The van der Waals surface area contributed by atoms with Crippen molar-refractivity contribution >= 4 is 33.6 Å². The number of rotatable bonds is 7. The van der Waals surface area contributed by atoms with Gasteiger partial charge >= 0.3 is 6.03 Å². The van der Waals surface area contributed by atoms with Crippen LogP contribution in [0.4, 0.5) is 10.5 Å². The summed E-state index contributed by atoms with van der Waals surface area (Å²) in [4.78, 5) is 26.8. The average Bonchev–Trinajstić information content (AvgIpc) is 2.74. The molecule has 1 aliphatic rings. The Morgan fingerprint density at radius 2 is 1.73 bits per heavy atom. The minimum atomic E-state index is -0.356. The molecule has 0 unspecified atom stereocenters. The number of aryl methyl sites for hydroxylation is 1. The number of halogens is 1. The molecule has 3 amide bonds. The van der Waals surface area contributed by atoms with Gasteiger partial charge < -0.3 is 16.0 Å².